The maximum Gasteiger partial charge on any atom is 0.284 e. The highest BCUT2D eigenvalue weighted by Crippen LogP contribution is 2.31. The van der Waals surface area contributed by atoms with Gasteiger partial charge in [-0.3, -0.25) is 9.63 Å². The van der Waals surface area contributed by atoms with Crippen molar-refractivity contribution in [1.29, 1.82) is 0 Å². The quantitative estimate of drug-likeness (QED) is 0.827. The minimum Gasteiger partial charge on any atom is -0.274 e. The Labute approximate surface area is 97.2 Å². The first-order valence-electron chi connectivity index (χ1n) is 4.92. The minimum atomic E-state index is -0.124. The van der Waals surface area contributed by atoms with Crippen molar-refractivity contribution in [2.45, 2.75) is 19.1 Å². The average molecular weight is 243 g/mol. The number of carbonyl (C=O) groups is 1. The van der Waals surface area contributed by atoms with Gasteiger partial charge < -0.3 is 0 Å². The summed E-state index contributed by atoms with van der Waals surface area (Å²) in [6.45, 7) is 2.34. The van der Waals surface area contributed by atoms with Crippen molar-refractivity contribution >= 4 is 29.0 Å². The van der Waals surface area contributed by atoms with Crippen LogP contribution in [0.3, 0.4) is 0 Å². The predicted molar refractivity (Wildman–Crippen MR) is 63.3 cm³/mol. The van der Waals surface area contributed by atoms with Gasteiger partial charge in [-0.15, -0.1) is 11.3 Å². The molecule has 1 aliphatic rings. The normalized spacial score (nSPS) is 14.7. The number of hydrogen-bond acceptors (Lipinski definition) is 4. The van der Waals surface area contributed by atoms with Crippen molar-refractivity contribution in [3.63, 3.8) is 0 Å². The summed E-state index contributed by atoms with van der Waals surface area (Å²) in [6.07, 6.45) is 1.09. The molecular formula is C10H13NO2S2. The Morgan fingerprint density at radius 1 is 1.67 bits per heavy atom. The van der Waals surface area contributed by atoms with Crippen LogP contribution >= 0.6 is 23.1 Å². The molecule has 2 heterocycles. The smallest absolute Gasteiger partial charge is 0.274 e. The fourth-order valence-corrected chi connectivity index (χ4v) is 3.71. The van der Waals surface area contributed by atoms with Crippen LogP contribution in [0.15, 0.2) is 6.07 Å². The van der Waals surface area contributed by atoms with Crippen LogP contribution in [0.4, 0.5) is 0 Å². The van der Waals surface area contributed by atoms with E-state index in [2.05, 4.69) is 5.48 Å². The zero-order valence-electron chi connectivity index (χ0n) is 8.54. The van der Waals surface area contributed by atoms with Crippen molar-refractivity contribution in [3.8, 4) is 0 Å². The Morgan fingerprint density at radius 2 is 2.53 bits per heavy atom. The first kappa shape index (κ1) is 11.0. The molecule has 3 nitrogen and oxygen atoms in total. The monoisotopic (exact) mass is 243 g/mol. The number of rotatable bonds is 3. The Bertz CT molecular complexity index is 339. The van der Waals surface area contributed by atoms with E-state index in [1.165, 1.54) is 16.2 Å². The van der Waals surface area contributed by atoms with Gasteiger partial charge in [0, 0.05) is 10.6 Å². The van der Waals surface area contributed by atoms with E-state index in [4.69, 9.17) is 4.84 Å². The van der Waals surface area contributed by atoms with Crippen molar-refractivity contribution in [3.05, 3.63) is 21.4 Å². The SMILES string of the molecule is CCONC(=O)c1cc2c(s1)CCSC2. The molecule has 1 N–H and O–H groups in total. The summed E-state index contributed by atoms with van der Waals surface area (Å²) in [5, 5.41) is 0. The molecule has 5 heteroatoms. The van der Waals surface area contributed by atoms with E-state index in [0.717, 1.165) is 17.1 Å². The molecule has 0 aromatic carbocycles. The number of hydroxylamine groups is 1. The van der Waals surface area contributed by atoms with Gasteiger partial charge in [-0.05, 0) is 30.7 Å². The van der Waals surface area contributed by atoms with Crippen molar-refractivity contribution in [2.75, 3.05) is 12.4 Å². The number of thiophene rings is 1. The molecular weight excluding hydrogens is 230 g/mol. The highest BCUT2D eigenvalue weighted by Gasteiger charge is 2.17. The summed E-state index contributed by atoms with van der Waals surface area (Å²) in [6, 6.07) is 1.99. The third-order valence-electron chi connectivity index (χ3n) is 2.16. The number of aryl methyl sites for hydroxylation is 1. The summed E-state index contributed by atoms with van der Waals surface area (Å²) in [5.41, 5.74) is 3.74. The number of nitrogens with one attached hydrogen (secondary N) is 1. The van der Waals surface area contributed by atoms with E-state index in [9.17, 15) is 4.79 Å². The number of carbonyl (C=O) groups excluding carboxylic acids is 1. The highest BCUT2D eigenvalue weighted by molar-refractivity contribution is 7.98. The first-order chi connectivity index (χ1) is 7.31. The molecule has 15 heavy (non-hydrogen) atoms. The Balaban J connectivity index is 2.08. The van der Waals surface area contributed by atoms with Crippen LogP contribution in [0.2, 0.25) is 0 Å². The molecule has 0 radical (unpaired) electrons. The molecule has 1 aromatic heterocycles. The van der Waals surface area contributed by atoms with Crippen LogP contribution in [0, 0.1) is 0 Å². The predicted octanol–water partition coefficient (Wildman–Crippen LogP) is 2.22. The molecule has 1 aliphatic heterocycles. The van der Waals surface area contributed by atoms with Gasteiger partial charge in [-0.25, -0.2) is 5.48 Å². The second-order valence-corrected chi connectivity index (χ2v) is 5.47. The minimum absolute atomic E-state index is 0.124. The van der Waals surface area contributed by atoms with E-state index in [1.807, 2.05) is 24.8 Å². The van der Waals surface area contributed by atoms with Crippen LogP contribution < -0.4 is 5.48 Å². The van der Waals surface area contributed by atoms with Gasteiger partial charge in [0.25, 0.3) is 5.91 Å². The molecule has 0 bridgehead atoms. The largest absolute Gasteiger partial charge is 0.284 e. The Morgan fingerprint density at radius 3 is 3.27 bits per heavy atom. The Kier molecular flexibility index (Phi) is 3.66. The summed E-state index contributed by atoms with van der Waals surface area (Å²) in [5.74, 6) is 2.08. The average Bonchev–Trinajstić information content (AvgIpc) is 2.69. The molecule has 0 saturated heterocycles. The number of hydrogen-bond donors (Lipinski definition) is 1. The van der Waals surface area contributed by atoms with Gasteiger partial charge in [-0.2, -0.15) is 11.8 Å². The third kappa shape index (κ3) is 2.53. The zero-order valence-corrected chi connectivity index (χ0v) is 10.2. The van der Waals surface area contributed by atoms with Gasteiger partial charge in [0.1, 0.15) is 0 Å². The number of amides is 1. The summed E-state index contributed by atoms with van der Waals surface area (Å²) in [7, 11) is 0. The van der Waals surface area contributed by atoms with E-state index in [0.29, 0.717) is 6.61 Å². The van der Waals surface area contributed by atoms with Crippen LogP contribution in [0.1, 0.15) is 27.0 Å². The molecule has 0 saturated carbocycles. The molecule has 0 unspecified atom stereocenters. The van der Waals surface area contributed by atoms with Gasteiger partial charge >= 0.3 is 0 Å². The fraction of sp³-hybridized carbons (Fsp3) is 0.500. The van der Waals surface area contributed by atoms with Crippen LogP contribution in [0.25, 0.3) is 0 Å². The lowest BCUT2D eigenvalue weighted by atomic mass is 10.2. The summed E-state index contributed by atoms with van der Waals surface area (Å²) in [4.78, 5) is 18.6. The van der Waals surface area contributed by atoms with Gasteiger partial charge in [-0.1, -0.05) is 0 Å². The highest BCUT2D eigenvalue weighted by atomic mass is 32.2. The Hall–Kier alpha value is -0.520. The van der Waals surface area contributed by atoms with Crippen LogP contribution in [0.5, 0.6) is 0 Å². The molecule has 0 spiro atoms. The van der Waals surface area contributed by atoms with E-state index in [-0.39, 0.29) is 5.91 Å². The molecule has 0 aliphatic carbocycles. The zero-order chi connectivity index (χ0) is 10.7. The first-order valence-corrected chi connectivity index (χ1v) is 6.90. The van der Waals surface area contributed by atoms with Crippen molar-refractivity contribution in [1.82, 2.24) is 5.48 Å². The van der Waals surface area contributed by atoms with E-state index in [1.54, 1.807) is 11.3 Å². The standard InChI is InChI=1S/C10H13NO2S2/c1-2-13-11-10(12)9-5-7-6-14-4-3-8(7)15-9/h5H,2-4,6H2,1H3,(H,11,12). The molecule has 2 rings (SSSR count). The van der Waals surface area contributed by atoms with Crippen molar-refractivity contribution < 1.29 is 9.63 Å². The molecule has 1 amide bonds. The lowest BCUT2D eigenvalue weighted by Crippen LogP contribution is -2.22. The maximum atomic E-state index is 11.6. The van der Waals surface area contributed by atoms with Gasteiger partial charge in [0.15, 0.2) is 0 Å². The van der Waals surface area contributed by atoms with Gasteiger partial charge in [0.05, 0.1) is 11.5 Å². The van der Waals surface area contributed by atoms with E-state index < -0.39 is 0 Å². The van der Waals surface area contributed by atoms with E-state index >= 15 is 0 Å². The van der Waals surface area contributed by atoms with Crippen LogP contribution in [-0.2, 0) is 17.0 Å². The van der Waals surface area contributed by atoms with Crippen molar-refractivity contribution in [2.24, 2.45) is 0 Å². The second kappa shape index (κ2) is 5.01. The molecule has 0 atom stereocenters. The summed E-state index contributed by atoms with van der Waals surface area (Å²) >= 11 is 3.51. The van der Waals surface area contributed by atoms with Gasteiger partial charge in [0.2, 0.25) is 0 Å². The maximum absolute atomic E-state index is 11.6. The second-order valence-electron chi connectivity index (χ2n) is 3.23. The topological polar surface area (TPSA) is 38.3 Å². The summed E-state index contributed by atoms with van der Waals surface area (Å²) < 4.78 is 0. The molecule has 0 fully saturated rings. The lowest BCUT2D eigenvalue weighted by Gasteiger charge is -2.08. The number of thioether (sulfide) groups is 1. The fourth-order valence-electron chi connectivity index (χ4n) is 1.45. The molecule has 1 aromatic rings. The number of fused-ring (bicyclic) bond motifs is 1. The third-order valence-corrected chi connectivity index (χ3v) is 4.40. The molecule has 82 valence electrons. The lowest BCUT2D eigenvalue weighted by molar-refractivity contribution is 0.0368. The van der Waals surface area contributed by atoms with Crippen LogP contribution in [-0.4, -0.2) is 18.3 Å².